The maximum atomic E-state index is 12.4. The third-order valence-electron chi connectivity index (χ3n) is 4.26. The Bertz CT molecular complexity index is 562. The molecule has 1 aliphatic carbocycles. The van der Waals surface area contributed by atoms with Gasteiger partial charge in [-0.15, -0.1) is 0 Å². The van der Waals surface area contributed by atoms with Gasteiger partial charge in [-0.05, 0) is 49.9 Å². The van der Waals surface area contributed by atoms with Crippen molar-refractivity contribution in [2.75, 3.05) is 4.90 Å². The van der Waals surface area contributed by atoms with Crippen LogP contribution in [-0.2, 0) is 9.59 Å². The van der Waals surface area contributed by atoms with Crippen LogP contribution in [0.5, 0.6) is 0 Å². The molecule has 1 fully saturated rings. The number of anilines is 1. The van der Waals surface area contributed by atoms with Gasteiger partial charge in [0.15, 0.2) is 0 Å². The normalized spacial score (nSPS) is 25.9. The van der Waals surface area contributed by atoms with Crippen molar-refractivity contribution in [3.8, 4) is 0 Å². The molecule has 0 aromatic heterocycles. The standard InChI is InChI=1S/C16H17NO2/c1-10-7-8-12(9-11(10)2)17-15(18)13-5-3-4-6-14(13)16(17)19/h3-4,7-9,13-14H,5-6H2,1-2H3. The van der Waals surface area contributed by atoms with E-state index in [0.29, 0.717) is 18.5 Å². The molecule has 1 aliphatic heterocycles. The molecule has 0 spiro atoms. The maximum Gasteiger partial charge on any atom is 0.238 e. The van der Waals surface area contributed by atoms with E-state index in [9.17, 15) is 9.59 Å². The van der Waals surface area contributed by atoms with E-state index < -0.39 is 0 Å². The predicted octanol–water partition coefficient (Wildman–Crippen LogP) is 2.76. The number of allylic oxidation sites excluding steroid dienone is 2. The SMILES string of the molecule is Cc1ccc(N2C(=O)C3CC=CCC3C2=O)cc1C. The largest absolute Gasteiger partial charge is 0.274 e. The van der Waals surface area contributed by atoms with Gasteiger partial charge in [-0.1, -0.05) is 18.2 Å². The monoisotopic (exact) mass is 255 g/mol. The number of hydrogen-bond acceptors (Lipinski definition) is 2. The van der Waals surface area contributed by atoms with E-state index in [1.165, 1.54) is 10.5 Å². The van der Waals surface area contributed by atoms with Gasteiger partial charge in [-0.3, -0.25) is 14.5 Å². The van der Waals surface area contributed by atoms with Crippen molar-refractivity contribution in [3.63, 3.8) is 0 Å². The van der Waals surface area contributed by atoms with Crippen LogP contribution in [0.3, 0.4) is 0 Å². The van der Waals surface area contributed by atoms with Crippen LogP contribution in [-0.4, -0.2) is 11.8 Å². The second-order valence-electron chi connectivity index (χ2n) is 5.44. The van der Waals surface area contributed by atoms with E-state index >= 15 is 0 Å². The summed E-state index contributed by atoms with van der Waals surface area (Å²) in [5, 5.41) is 0. The minimum absolute atomic E-state index is 0.0393. The highest BCUT2D eigenvalue weighted by Gasteiger charge is 2.47. The van der Waals surface area contributed by atoms with Gasteiger partial charge in [0.2, 0.25) is 11.8 Å². The highest BCUT2D eigenvalue weighted by Crippen LogP contribution is 2.37. The molecule has 1 aromatic carbocycles. The average molecular weight is 255 g/mol. The summed E-state index contributed by atoms with van der Waals surface area (Å²) >= 11 is 0. The number of amides is 2. The number of imide groups is 1. The molecule has 19 heavy (non-hydrogen) atoms. The number of fused-ring (bicyclic) bond motifs is 1. The molecule has 2 amide bonds. The van der Waals surface area contributed by atoms with E-state index in [0.717, 1.165) is 5.56 Å². The van der Waals surface area contributed by atoms with Crippen molar-refractivity contribution < 1.29 is 9.59 Å². The van der Waals surface area contributed by atoms with Gasteiger partial charge >= 0.3 is 0 Å². The number of nitrogens with zero attached hydrogens (tertiary/aromatic N) is 1. The molecule has 0 N–H and O–H groups in total. The highest BCUT2D eigenvalue weighted by atomic mass is 16.2. The van der Waals surface area contributed by atoms with Crippen molar-refractivity contribution in [2.24, 2.45) is 11.8 Å². The number of hydrogen-bond donors (Lipinski definition) is 0. The third kappa shape index (κ3) is 1.81. The number of carbonyl (C=O) groups is 2. The van der Waals surface area contributed by atoms with Gasteiger partial charge in [0, 0.05) is 0 Å². The van der Waals surface area contributed by atoms with Gasteiger partial charge in [0.05, 0.1) is 17.5 Å². The van der Waals surface area contributed by atoms with Crippen LogP contribution >= 0.6 is 0 Å². The fourth-order valence-corrected chi connectivity index (χ4v) is 2.92. The number of benzene rings is 1. The summed E-state index contributed by atoms with van der Waals surface area (Å²) in [4.78, 5) is 26.2. The van der Waals surface area contributed by atoms with Gasteiger partial charge in [0.25, 0.3) is 0 Å². The number of rotatable bonds is 1. The molecule has 1 heterocycles. The Hall–Kier alpha value is -1.90. The smallest absolute Gasteiger partial charge is 0.238 e. The Morgan fingerprint density at radius 1 is 0.947 bits per heavy atom. The first kappa shape index (κ1) is 12.2. The second-order valence-corrected chi connectivity index (χ2v) is 5.44. The molecule has 1 saturated heterocycles. The van der Waals surface area contributed by atoms with Crippen molar-refractivity contribution in [3.05, 3.63) is 41.5 Å². The summed E-state index contributed by atoms with van der Waals surface area (Å²) in [5.41, 5.74) is 2.99. The maximum absolute atomic E-state index is 12.4. The van der Waals surface area contributed by atoms with E-state index in [-0.39, 0.29) is 23.7 Å². The lowest BCUT2D eigenvalue weighted by Crippen LogP contribution is -2.30. The zero-order valence-corrected chi connectivity index (χ0v) is 11.2. The van der Waals surface area contributed by atoms with Crippen molar-refractivity contribution >= 4 is 17.5 Å². The summed E-state index contributed by atoms with van der Waals surface area (Å²) in [5.74, 6) is -0.386. The van der Waals surface area contributed by atoms with Crippen LogP contribution in [0.15, 0.2) is 30.4 Å². The summed E-state index contributed by atoms with van der Waals surface area (Å²) in [6.07, 6.45) is 5.40. The molecule has 3 rings (SSSR count). The van der Waals surface area contributed by atoms with E-state index in [1.54, 1.807) is 0 Å². The molecule has 1 aromatic rings. The quantitative estimate of drug-likeness (QED) is 0.571. The van der Waals surface area contributed by atoms with Crippen LogP contribution in [0.2, 0.25) is 0 Å². The fourth-order valence-electron chi connectivity index (χ4n) is 2.92. The topological polar surface area (TPSA) is 37.4 Å². The fraction of sp³-hybridized carbons (Fsp3) is 0.375. The Morgan fingerprint density at radius 2 is 1.53 bits per heavy atom. The molecule has 3 heteroatoms. The Kier molecular flexibility index (Phi) is 2.77. The van der Waals surface area contributed by atoms with Crippen LogP contribution in [0, 0.1) is 25.7 Å². The molecule has 0 saturated carbocycles. The number of aryl methyl sites for hydroxylation is 2. The lowest BCUT2D eigenvalue weighted by atomic mass is 9.85. The molecule has 0 bridgehead atoms. The van der Waals surface area contributed by atoms with E-state index in [2.05, 4.69) is 0 Å². The van der Waals surface area contributed by atoms with E-state index in [1.807, 2.05) is 44.2 Å². The summed E-state index contributed by atoms with van der Waals surface area (Å²) < 4.78 is 0. The molecule has 0 radical (unpaired) electrons. The Balaban J connectivity index is 1.99. The lowest BCUT2D eigenvalue weighted by molar-refractivity contribution is -0.122. The van der Waals surface area contributed by atoms with Gasteiger partial charge in [-0.25, -0.2) is 0 Å². The van der Waals surface area contributed by atoms with Crippen LogP contribution < -0.4 is 4.90 Å². The van der Waals surface area contributed by atoms with Crippen molar-refractivity contribution in [1.29, 1.82) is 0 Å². The average Bonchev–Trinajstić information content (AvgIpc) is 2.66. The first-order valence-electron chi connectivity index (χ1n) is 6.69. The predicted molar refractivity (Wildman–Crippen MR) is 73.8 cm³/mol. The first-order chi connectivity index (χ1) is 9.09. The molecule has 98 valence electrons. The van der Waals surface area contributed by atoms with Gasteiger partial charge < -0.3 is 0 Å². The minimum atomic E-state index is -0.154. The Morgan fingerprint density at radius 3 is 2.05 bits per heavy atom. The van der Waals surface area contributed by atoms with Crippen LogP contribution in [0.4, 0.5) is 5.69 Å². The molecular formula is C16H17NO2. The molecule has 3 nitrogen and oxygen atoms in total. The number of carbonyl (C=O) groups excluding carboxylic acids is 2. The summed E-state index contributed by atoms with van der Waals surface area (Å²) in [6.45, 7) is 4.02. The molecule has 2 atom stereocenters. The molecule has 2 aliphatic rings. The van der Waals surface area contributed by atoms with Gasteiger partial charge in [0.1, 0.15) is 0 Å². The van der Waals surface area contributed by atoms with Crippen molar-refractivity contribution in [1.82, 2.24) is 0 Å². The van der Waals surface area contributed by atoms with Crippen LogP contribution in [0.25, 0.3) is 0 Å². The van der Waals surface area contributed by atoms with Crippen molar-refractivity contribution in [2.45, 2.75) is 26.7 Å². The zero-order valence-electron chi connectivity index (χ0n) is 11.2. The van der Waals surface area contributed by atoms with Crippen LogP contribution in [0.1, 0.15) is 24.0 Å². The Labute approximate surface area is 112 Å². The third-order valence-corrected chi connectivity index (χ3v) is 4.26. The first-order valence-corrected chi connectivity index (χ1v) is 6.69. The van der Waals surface area contributed by atoms with Gasteiger partial charge in [-0.2, -0.15) is 0 Å². The van der Waals surface area contributed by atoms with E-state index in [4.69, 9.17) is 0 Å². The molecule has 2 unspecified atom stereocenters. The highest BCUT2D eigenvalue weighted by molar-refractivity contribution is 6.22. The molecular weight excluding hydrogens is 238 g/mol. The summed E-state index contributed by atoms with van der Waals surface area (Å²) in [6, 6.07) is 5.75. The second kappa shape index (κ2) is 4.34. The zero-order chi connectivity index (χ0) is 13.6. The minimum Gasteiger partial charge on any atom is -0.274 e. The summed E-state index contributed by atoms with van der Waals surface area (Å²) in [7, 11) is 0. The lowest BCUT2D eigenvalue weighted by Gasteiger charge is -2.16.